The molecule has 3 rings (SSSR count). The van der Waals surface area contributed by atoms with E-state index in [-0.39, 0.29) is 0 Å². The molecule has 2 aliphatic heterocycles. The fourth-order valence-electron chi connectivity index (χ4n) is 3.21. The minimum atomic E-state index is 0.301. The molecular formula is C17H28N4O. The summed E-state index contributed by atoms with van der Waals surface area (Å²) in [5.41, 5.74) is 7.86. The monoisotopic (exact) mass is 304 g/mol. The molecule has 3 N–H and O–H groups in total. The van der Waals surface area contributed by atoms with Crippen molar-refractivity contribution >= 4 is 0 Å². The van der Waals surface area contributed by atoms with Crippen molar-refractivity contribution in [3.8, 4) is 0 Å². The van der Waals surface area contributed by atoms with Crippen LogP contribution in [0.1, 0.15) is 12.5 Å². The summed E-state index contributed by atoms with van der Waals surface area (Å²) in [4.78, 5) is 2.49. The van der Waals surface area contributed by atoms with Crippen molar-refractivity contribution < 1.29 is 4.74 Å². The Bertz CT molecular complexity index is 442. The highest BCUT2D eigenvalue weighted by molar-refractivity contribution is 5.14. The average Bonchev–Trinajstić information content (AvgIpc) is 2.94. The Labute approximate surface area is 133 Å². The van der Waals surface area contributed by atoms with Crippen LogP contribution in [0.5, 0.6) is 0 Å². The van der Waals surface area contributed by atoms with Crippen molar-refractivity contribution in [2.45, 2.75) is 25.6 Å². The van der Waals surface area contributed by atoms with Gasteiger partial charge >= 0.3 is 0 Å². The predicted molar refractivity (Wildman–Crippen MR) is 88.4 cm³/mol. The number of benzene rings is 1. The van der Waals surface area contributed by atoms with E-state index in [9.17, 15) is 0 Å². The number of morpholine rings is 1. The molecule has 0 bridgehead atoms. The molecule has 5 nitrogen and oxygen atoms in total. The van der Waals surface area contributed by atoms with Crippen molar-refractivity contribution in [1.29, 1.82) is 0 Å². The van der Waals surface area contributed by atoms with E-state index in [0.29, 0.717) is 18.1 Å². The van der Waals surface area contributed by atoms with Gasteiger partial charge in [-0.2, -0.15) is 0 Å². The maximum absolute atomic E-state index is 5.90. The summed E-state index contributed by atoms with van der Waals surface area (Å²) < 4.78 is 5.90. The molecule has 122 valence electrons. The lowest BCUT2D eigenvalue weighted by molar-refractivity contribution is -0.0301. The van der Waals surface area contributed by atoms with Gasteiger partial charge in [-0.05, 0) is 12.5 Å². The van der Waals surface area contributed by atoms with Gasteiger partial charge in [0, 0.05) is 51.2 Å². The topological polar surface area (TPSA) is 48.6 Å². The minimum absolute atomic E-state index is 0.301. The van der Waals surface area contributed by atoms with Gasteiger partial charge in [-0.15, -0.1) is 0 Å². The number of nitrogens with one attached hydrogen (secondary N) is 3. The number of rotatable bonds is 6. The molecule has 2 fully saturated rings. The summed E-state index contributed by atoms with van der Waals surface area (Å²) in [6.07, 6.45) is 0.301. The van der Waals surface area contributed by atoms with Gasteiger partial charge in [0.25, 0.3) is 0 Å². The Hall–Kier alpha value is -0.980. The van der Waals surface area contributed by atoms with Crippen LogP contribution in [0.15, 0.2) is 30.3 Å². The number of nitrogens with zero attached hydrogens (tertiary/aromatic N) is 1. The number of hydrazine groups is 1. The highest BCUT2D eigenvalue weighted by Crippen LogP contribution is 2.10. The van der Waals surface area contributed by atoms with E-state index in [1.165, 1.54) is 5.56 Å². The van der Waals surface area contributed by atoms with Crippen LogP contribution in [0.2, 0.25) is 0 Å². The van der Waals surface area contributed by atoms with E-state index in [4.69, 9.17) is 4.74 Å². The molecule has 22 heavy (non-hydrogen) atoms. The molecule has 0 amide bonds. The van der Waals surface area contributed by atoms with Crippen LogP contribution in [-0.4, -0.2) is 56.4 Å². The fraction of sp³-hybridized carbons (Fsp3) is 0.647. The minimum Gasteiger partial charge on any atom is -0.374 e. The highest BCUT2D eigenvalue weighted by Gasteiger charge is 2.24. The van der Waals surface area contributed by atoms with Crippen molar-refractivity contribution in [2.24, 2.45) is 5.92 Å². The lowest BCUT2D eigenvalue weighted by Crippen LogP contribution is -2.47. The standard InChI is InChI=1S/C17H28N4O/c1-14-16(10-19-20-14)9-18-11-17-13-21(7-8-22-17)12-15-5-3-2-4-6-15/h2-6,14,16-20H,7-13H2,1H3. The molecule has 2 saturated heterocycles. The fourth-order valence-corrected chi connectivity index (χ4v) is 3.21. The van der Waals surface area contributed by atoms with Crippen LogP contribution >= 0.6 is 0 Å². The normalized spacial score (nSPS) is 29.8. The van der Waals surface area contributed by atoms with Crippen LogP contribution in [0, 0.1) is 5.92 Å². The maximum Gasteiger partial charge on any atom is 0.0826 e. The van der Waals surface area contributed by atoms with Crippen molar-refractivity contribution in [3.63, 3.8) is 0 Å². The maximum atomic E-state index is 5.90. The summed E-state index contributed by atoms with van der Waals surface area (Å²) >= 11 is 0. The molecule has 0 radical (unpaired) electrons. The molecule has 3 atom stereocenters. The lowest BCUT2D eigenvalue weighted by Gasteiger charge is -2.33. The van der Waals surface area contributed by atoms with Gasteiger partial charge in [0.2, 0.25) is 0 Å². The molecule has 0 aromatic heterocycles. The van der Waals surface area contributed by atoms with Gasteiger partial charge in [-0.25, -0.2) is 0 Å². The molecule has 2 aliphatic rings. The summed E-state index contributed by atoms with van der Waals surface area (Å²) in [5, 5.41) is 3.58. The van der Waals surface area contributed by atoms with E-state index in [0.717, 1.165) is 45.9 Å². The molecule has 5 heteroatoms. The van der Waals surface area contributed by atoms with E-state index < -0.39 is 0 Å². The van der Waals surface area contributed by atoms with Crippen LogP contribution in [-0.2, 0) is 11.3 Å². The number of hydrogen-bond acceptors (Lipinski definition) is 5. The number of ether oxygens (including phenoxy) is 1. The molecule has 1 aromatic carbocycles. The first-order valence-corrected chi connectivity index (χ1v) is 8.38. The van der Waals surface area contributed by atoms with Crippen LogP contribution < -0.4 is 16.2 Å². The molecule has 1 aromatic rings. The Kier molecular flexibility index (Phi) is 5.81. The quantitative estimate of drug-likeness (QED) is 0.718. The van der Waals surface area contributed by atoms with Crippen molar-refractivity contribution in [3.05, 3.63) is 35.9 Å². The zero-order valence-electron chi connectivity index (χ0n) is 13.4. The van der Waals surface area contributed by atoms with Crippen LogP contribution in [0.4, 0.5) is 0 Å². The Morgan fingerprint density at radius 3 is 2.91 bits per heavy atom. The smallest absolute Gasteiger partial charge is 0.0826 e. The average molecular weight is 304 g/mol. The van der Waals surface area contributed by atoms with Gasteiger partial charge in [0.15, 0.2) is 0 Å². The second-order valence-corrected chi connectivity index (χ2v) is 6.45. The van der Waals surface area contributed by atoms with Gasteiger partial charge in [-0.3, -0.25) is 15.8 Å². The van der Waals surface area contributed by atoms with Crippen molar-refractivity contribution in [1.82, 2.24) is 21.1 Å². The first-order chi connectivity index (χ1) is 10.8. The molecular weight excluding hydrogens is 276 g/mol. The zero-order valence-corrected chi connectivity index (χ0v) is 13.4. The Morgan fingerprint density at radius 1 is 1.27 bits per heavy atom. The first-order valence-electron chi connectivity index (χ1n) is 8.38. The second-order valence-electron chi connectivity index (χ2n) is 6.45. The predicted octanol–water partition coefficient (Wildman–Crippen LogP) is 0.590. The lowest BCUT2D eigenvalue weighted by atomic mass is 10.0. The summed E-state index contributed by atoms with van der Waals surface area (Å²) in [6, 6.07) is 11.2. The first kappa shape index (κ1) is 15.9. The third-order valence-corrected chi connectivity index (χ3v) is 4.65. The highest BCUT2D eigenvalue weighted by atomic mass is 16.5. The molecule has 3 unspecified atom stereocenters. The zero-order chi connectivity index (χ0) is 15.2. The Morgan fingerprint density at radius 2 is 2.14 bits per heavy atom. The third kappa shape index (κ3) is 4.51. The van der Waals surface area contributed by atoms with Gasteiger partial charge in [0.1, 0.15) is 0 Å². The molecule has 0 aliphatic carbocycles. The van der Waals surface area contributed by atoms with Crippen LogP contribution in [0.3, 0.4) is 0 Å². The van der Waals surface area contributed by atoms with Gasteiger partial charge in [0.05, 0.1) is 12.7 Å². The third-order valence-electron chi connectivity index (χ3n) is 4.65. The molecule has 2 heterocycles. The summed E-state index contributed by atoms with van der Waals surface area (Å²) in [7, 11) is 0. The summed E-state index contributed by atoms with van der Waals surface area (Å²) in [6.45, 7) is 9.15. The molecule has 0 saturated carbocycles. The summed E-state index contributed by atoms with van der Waals surface area (Å²) in [5.74, 6) is 0.656. The van der Waals surface area contributed by atoms with E-state index in [1.54, 1.807) is 0 Å². The van der Waals surface area contributed by atoms with E-state index in [2.05, 4.69) is 58.3 Å². The molecule has 0 spiro atoms. The number of hydrogen-bond donors (Lipinski definition) is 3. The second kappa shape index (κ2) is 8.04. The largest absolute Gasteiger partial charge is 0.374 e. The van der Waals surface area contributed by atoms with Crippen LogP contribution in [0.25, 0.3) is 0 Å². The van der Waals surface area contributed by atoms with Crippen molar-refractivity contribution in [2.75, 3.05) is 39.3 Å². The van der Waals surface area contributed by atoms with E-state index in [1.807, 2.05) is 0 Å². The van der Waals surface area contributed by atoms with Gasteiger partial charge < -0.3 is 10.1 Å². The SMILES string of the molecule is CC1NNCC1CNCC1CN(Cc2ccccc2)CCO1. The Balaban J connectivity index is 1.39. The van der Waals surface area contributed by atoms with Gasteiger partial charge in [-0.1, -0.05) is 30.3 Å². The van der Waals surface area contributed by atoms with E-state index >= 15 is 0 Å².